The third-order valence-electron chi connectivity index (χ3n) is 3.59. The van der Waals surface area contributed by atoms with Gasteiger partial charge in [-0.1, -0.05) is 0 Å². The first kappa shape index (κ1) is 23.5. The Labute approximate surface area is 179 Å². The van der Waals surface area contributed by atoms with E-state index in [4.69, 9.17) is 10.5 Å². The number of phosphoric ester groups is 1. The molecule has 18 heteroatoms. The molecule has 3 heterocycles. The second kappa shape index (κ2) is 8.55. The molecule has 15 nitrogen and oxygen atoms in total. The number of aromatic nitrogens is 4. The van der Waals surface area contributed by atoms with Gasteiger partial charge in [-0.05, 0) is 0 Å². The second-order valence-electron chi connectivity index (χ2n) is 5.38. The maximum Gasteiger partial charge on any atom is 1.00 e. The van der Waals surface area contributed by atoms with Crippen LogP contribution in [0.5, 0.6) is 0 Å². The minimum Gasteiger partial charge on any atom is -0.725 e. The minimum absolute atomic E-state index is 0. The zero-order chi connectivity index (χ0) is 20.0. The van der Waals surface area contributed by atoms with E-state index < -0.39 is 49.4 Å². The number of rotatable bonds is 6. The Bertz CT molecular complexity index is 1000. The average Bonchev–Trinajstić information content (AvgIpc) is 3.07. The molecule has 0 spiro atoms. The van der Waals surface area contributed by atoms with Crippen LogP contribution < -0.4 is 35.3 Å². The topological polar surface area (TPSA) is 232 Å². The van der Waals surface area contributed by atoms with Gasteiger partial charge in [0, 0.05) is 0 Å². The molecule has 2 aromatic rings. The van der Waals surface area contributed by atoms with Crippen LogP contribution in [0.2, 0.25) is 0 Å². The van der Waals surface area contributed by atoms with Gasteiger partial charge in [0.05, 0.1) is 12.9 Å². The van der Waals surface area contributed by atoms with Crippen molar-refractivity contribution in [2.75, 3.05) is 12.3 Å². The number of nitrogens with two attached hydrogens (primary N) is 1. The SMILES string of the molecule is Nc1ncnc2c1ncn2C1OC(COP(=O)(O)OS(=O)(=O)[O-])C(O)C1O.[Na+]. The van der Waals surface area contributed by atoms with Gasteiger partial charge < -0.3 is 30.1 Å². The molecular formula is C10H13N5NaO10PS. The Balaban J connectivity index is 0.00000280. The summed E-state index contributed by atoms with van der Waals surface area (Å²) in [7, 11) is -10.8. The van der Waals surface area contributed by atoms with E-state index in [1.54, 1.807) is 0 Å². The largest absolute Gasteiger partial charge is 1.00 e. The second-order valence-corrected chi connectivity index (χ2v) is 7.98. The van der Waals surface area contributed by atoms with E-state index in [0.717, 1.165) is 6.33 Å². The van der Waals surface area contributed by atoms with Gasteiger partial charge in [0.25, 0.3) is 0 Å². The maximum absolute atomic E-state index is 11.4. The van der Waals surface area contributed by atoms with Crippen molar-refractivity contribution >= 4 is 35.2 Å². The first-order chi connectivity index (χ1) is 12.5. The number of hydrogen-bond donors (Lipinski definition) is 4. The third-order valence-corrected chi connectivity index (χ3v) is 5.55. The van der Waals surface area contributed by atoms with E-state index >= 15 is 0 Å². The standard InChI is InChI=1S/C10H14N5O10PS.Na/c11-8-5-9(13-2-12-8)15(3-14-5)10-7(17)6(16)4(24-10)1-23-26(18,19)25-27(20,21)22;/h2-4,6-7,10,16-17H,1H2,(H,18,19)(H2,11,12,13)(H,20,21,22);/q;+1/p-1. The first-order valence-corrected chi connectivity index (χ1v) is 9.90. The van der Waals surface area contributed by atoms with Gasteiger partial charge in [-0.3, -0.25) is 9.09 Å². The van der Waals surface area contributed by atoms with Gasteiger partial charge in [-0.15, -0.1) is 0 Å². The van der Waals surface area contributed by atoms with Crippen LogP contribution in [0.25, 0.3) is 11.2 Å². The summed E-state index contributed by atoms with van der Waals surface area (Å²) in [6.45, 7) is -0.873. The van der Waals surface area contributed by atoms with Crippen LogP contribution in [0.15, 0.2) is 12.7 Å². The van der Waals surface area contributed by atoms with Crippen LogP contribution in [0.3, 0.4) is 0 Å². The Kier molecular flexibility index (Phi) is 7.18. The molecule has 0 radical (unpaired) electrons. The summed E-state index contributed by atoms with van der Waals surface area (Å²) >= 11 is 0. The molecule has 0 bridgehead atoms. The van der Waals surface area contributed by atoms with Crippen LogP contribution in [-0.2, 0) is 28.2 Å². The first-order valence-electron chi connectivity index (χ1n) is 7.07. The summed E-state index contributed by atoms with van der Waals surface area (Å²) < 4.78 is 56.8. The molecule has 1 saturated heterocycles. The van der Waals surface area contributed by atoms with Gasteiger partial charge >= 0.3 is 37.4 Å². The number of fused-ring (bicyclic) bond motifs is 1. The summed E-state index contributed by atoms with van der Waals surface area (Å²) in [5, 5.41) is 20.2. The summed E-state index contributed by atoms with van der Waals surface area (Å²) in [4.78, 5) is 20.9. The molecule has 2 aromatic heterocycles. The van der Waals surface area contributed by atoms with Crippen LogP contribution >= 0.6 is 7.82 Å². The van der Waals surface area contributed by atoms with Crippen molar-refractivity contribution in [3.05, 3.63) is 12.7 Å². The molecule has 5 unspecified atom stereocenters. The molecular weight excluding hydrogens is 436 g/mol. The van der Waals surface area contributed by atoms with Crippen LogP contribution in [0.1, 0.15) is 6.23 Å². The van der Waals surface area contributed by atoms with Gasteiger partial charge in [0.1, 0.15) is 30.2 Å². The number of hydrogen-bond acceptors (Lipinski definition) is 13. The van der Waals surface area contributed by atoms with E-state index in [0.29, 0.717) is 0 Å². The van der Waals surface area contributed by atoms with Crippen molar-refractivity contribution in [3.8, 4) is 0 Å². The van der Waals surface area contributed by atoms with Crippen LogP contribution in [0, 0.1) is 0 Å². The van der Waals surface area contributed by atoms with Crippen LogP contribution in [-0.4, -0.2) is 72.5 Å². The van der Waals surface area contributed by atoms with Crippen molar-refractivity contribution < 1.29 is 75.4 Å². The number of ether oxygens (including phenoxy) is 1. The van der Waals surface area contributed by atoms with E-state index in [2.05, 4.69) is 23.4 Å². The normalized spacial score (nSPS) is 27.4. The molecule has 5 atom stereocenters. The zero-order valence-corrected chi connectivity index (χ0v) is 17.8. The average molecular weight is 449 g/mol. The third kappa shape index (κ3) is 5.05. The van der Waals surface area contributed by atoms with Crippen molar-refractivity contribution in [3.63, 3.8) is 0 Å². The number of aliphatic hydroxyl groups is 2. The van der Waals surface area contributed by atoms with Crippen molar-refractivity contribution in [1.82, 2.24) is 19.5 Å². The minimum atomic E-state index is -5.51. The maximum atomic E-state index is 11.4. The van der Waals surface area contributed by atoms with Crippen LogP contribution in [0.4, 0.5) is 5.82 Å². The number of phosphoric acid groups is 1. The van der Waals surface area contributed by atoms with Crippen molar-refractivity contribution in [1.29, 1.82) is 0 Å². The summed E-state index contributed by atoms with van der Waals surface area (Å²) in [6.07, 6.45) is -3.36. The smallest absolute Gasteiger partial charge is 0.725 e. The molecule has 1 fully saturated rings. The molecule has 1 aliphatic heterocycles. The quantitative estimate of drug-likeness (QED) is 0.140. The van der Waals surface area contributed by atoms with E-state index in [9.17, 15) is 32.6 Å². The number of aliphatic hydroxyl groups excluding tert-OH is 2. The molecule has 150 valence electrons. The molecule has 0 aliphatic carbocycles. The molecule has 0 saturated carbocycles. The molecule has 0 amide bonds. The Morgan fingerprint density at radius 2 is 2.00 bits per heavy atom. The number of nitrogen functional groups attached to an aromatic ring is 1. The zero-order valence-electron chi connectivity index (χ0n) is 14.1. The van der Waals surface area contributed by atoms with Gasteiger partial charge in [-0.2, -0.15) is 3.97 Å². The van der Waals surface area contributed by atoms with Gasteiger partial charge in [0.2, 0.25) is 10.4 Å². The summed E-state index contributed by atoms with van der Waals surface area (Å²) in [6, 6.07) is 0. The van der Waals surface area contributed by atoms with E-state index in [1.165, 1.54) is 10.9 Å². The number of imidazole rings is 1. The van der Waals surface area contributed by atoms with E-state index in [-0.39, 0.29) is 46.5 Å². The molecule has 1 aliphatic rings. The Hall–Kier alpha value is -0.750. The predicted molar refractivity (Wildman–Crippen MR) is 82.2 cm³/mol. The fourth-order valence-corrected chi connectivity index (χ4v) is 3.89. The fraction of sp³-hybridized carbons (Fsp3) is 0.500. The van der Waals surface area contributed by atoms with Gasteiger partial charge in [-0.25, -0.2) is 27.9 Å². The fourth-order valence-electron chi connectivity index (χ4n) is 2.46. The number of anilines is 1. The molecule has 0 aromatic carbocycles. The van der Waals surface area contributed by atoms with Crippen molar-refractivity contribution in [2.45, 2.75) is 24.5 Å². The Morgan fingerprint density at radius 3 is 2.64 bits per heavy atom. The number of nitrogens with zero attached hydrogens (tertiary/aromatic N) is 4. The monoisotopic (exact) mass is 449 g/mol. The molecule has 5 N–H and O–H groups in total. The summed E-state index contributed by atoms with van der Waals surface area (Å²) in [5.41, 5.74) is 6.06. The van der Waals surface area contributed by atoms with Gasteiger partial charge in [0.15, 0.2) is 17.7 Å². The van der Waals surface area contributed by atoms with Crippen molar-refractivity contribution in [2.24, 2.45) is 0 Å². The van der Waals surface area contributed by atoms with E-state index in [1.807, 2.05) is 0 Å². The predicted octanol–water partition coefficient (Wildman–Crippen LogP) is -5.37. The summed E-state index contributed by atoms with van der Waals surface area (Å²) in [5.74, 6) is 0.0730. The molecule has 3 rings (SSSR count). The molecule has 28 heavy (non-hydrogen) atoms. The Morgan fingerprint density at radius 1 is 1.32 bits per heavy atom.